The van der Waals surface area contributed by atoms with Crippen molar-refractivity contribution in [2.24, 2.45) is 0 Å². The van der Waals surface area contributed by atoms with Crippen LogP contribution in [0.3, 0.4) is 0 Å². The molecule has 0 saturated heterocycles. The first kappa shape index (κ1) is 18.4. The largest absolute Gasteiger partial charge is 0.416 e. The van der Waals surface area contributed by atoms with E-state index in [0.717, 1.165) is 17.5 Å². The Bertz CT molecular complexity index is 481. The molecular formula is C13H14Br2F3NO2. The zero-order chi connectivity index (χ0) is 15.9. The predicted molar refractivity (Wildman–Crippen MR) is 80.7 cm³/mol. The van der Waals surface area contributed by atoms with E-state index in [1.807, 2.05) is 0 Å². The molecule has 0 aromatic heterocycles. The molecule has 1 N–H and O–H groups in total. The van der Waals surface area contributed by atoms with Gasteiger partial charge >= 0.3 is 6.18 Å². The Morgan fingerprint density at radius 2 is 2.00 bits per heavy atom. The van der Waals surface area contributed by atoms with E-state index in [-0.39, 0.29) is 5.56 Å². The first-order chi connectivity index (χ1) is 9.86. The molecule has 0 radical (unpaired) electrons. The van der Waals surface area contributed by atoms with Crippen molar-refractivity contribution >= 4 is 37.8 Å². The molecule has 21 heavy (non-hydrogen) atoms. The lowest BCUT2D eigenvalue weighted by Crippen LogP contribution is -2.26. The second kappa shape index (κ2) is 8.75. The first-order valence-corrected chi connectivity index (χ1v) is 8.06. The number of benzene rings is 1. The Morgan fingerprint density at radius 1 is 1.29 bits per heavy atom. The maximum Gasteiger partial charge on any atom is 0.416 e. The van der Waals surface area contributed by atoms with Crippen molar-refractivity contribution in [3.63, 3.8) is 0 Å². The molecule has 1 amide bonds. The summed E-state index contributed by atoms with van der Waals surface area (Å²) in [6.45, 7) is 1.40. The number of alkyl halides is 4. The molecule has 1 aromatic rings. The van der Waals surface area contributed by atoms with Crippen LogP contribution in [0.5, 0.6) is 0 Å². The lowest BCUT2D eigenvalue weighted by atomic mass is 10.1. The van der Waals surface area contributed by atoms with E-state index in [4.69, 9.17) is 4.74 Å². The van der Waals surface area contributed by atoms with Crippen molar-refractivity contribution in [2.75, 3.05) is 25.1 Å². The fourth-order valence-corrected chi connectivity index (χ4v) is 2.16. The normalized spacial score (nSPS) is 11.5. The van der Waals surface area contributed by atoms with Crippen molar-refractivity contribution < 1.29 is 22.7 Å². The number of rotatable bonds is 7. The van der Waals surface area contributed by atoms with E-state index >= 15 is 0 Å². The van der Waals surface area contributed by atoms with Crippen LogP contribution in [0.1, 0.15) is 22.3 Å². The molecule has 8 heteroatoms. The van der Waals surface area contributed by atoms with Gasteiger partial charge in [-0.25, -0.2) is 0 Å². The third kappa shape index (κ3) is 6.36. The minimum Gasteiger partial charge on any atom is -0.381 e. The minimum absolute atomic E-state index is 0.0359. The van der Waals surface area contributed by atoms with Crippen LogP contribution in [-0.2, 0) is 10.9 Å². The van der Waals surface area contributed by atoms with Gasteiger partial charge in [-0.2, -0.15) is 13.2 Å². The zero-order valence-electron chi connectivity index (χ0n) is 11.0. The van der Waals surface area contributed by atoms with Gasteiger partial charge in [0.2, 0.25) is 0 Å². The molecule has 0 atom stereocenters. The third-order valence-corrected chi connectivity index (χ3v) is 3.53. The Kier molecular flexibility index (Phi) is 7.69. The lowest BCUT2D eigenvalue weighted by molar-refractivity contribution is -0.137. The molecule has 3 nitrogen and oxygen atoms in total. The molecule has 1 aromatic carbocycles. The number of carbonyl (C=O) groups excluding carboxylic acids is 1. The average molecular weight is 433 g/mol. The van der Waals surface area contributed by atoms with Gasteiger partial charge in [0.1, 0.15) is 0 Å². The van der Waals surface area contributed by atoms with E-state index in [1.165, 1.54) is 6.07 Å². The van der Waals surface area contributed by atoms with Gasteiger partial charge in [-0.05, 0) is 40.5 Å². The Morgan fingerprint density at radius 3 is 2.62 bits per heavy atom. The fraction of sp³-hybridized carbons (Fsp3) is 0.462. The van der Waals surface area contributed by atoms with Crippen LogP contribution in [0.2, 0.25) is 0 Å². The minimum atomic E-state index is -4.47. The standard InChI is InChI=1S/C13H14Br2F3NO2/c14-4-7-21-6-1-5-19-12(20)10-8-9(13(16,17)18)2-3-11(10)15/h2-3,8H,1,4-7H2,(H,19,20). The van der Waals surface area contributed by atoms with Gasteiger partial charge in [0.15, 0.2) is 0 Å². The smallest absolute Gasteiger partial charge is 0.381 e. The van der Waals surface area contributed by atoms with Crippen LogP contribution in [0.15, 0.2) is 22.7 Å². The summed E-state index contributed by atoms with van der Waals surface area (Å²) in [5, 5.41) is 3.30. The molecule has 0 bridgehead atoms. The number of halogens is 5. The Labute approximate surface area is 137 Å². The molecule has 0 aliphatic rings. The number of hydrogen-bond acceptors (Lipinski definition) is 2. The van der Waals surface area contributed by atoms with Gasteiger partial charge in [-0.3, -0.25) is 4.79 Å². The average Bonchev–Trinajstić information content (AvgIpc) is 2.41. The van der Waals surface area contributed by atoms with Crippen LogP contribution < -0.4 is 5.32 Å². The summed E-state index contributed by atoms with van der Waals surface area (Å²) in [6, 6.07) is 2.98. The molecule has 0 aliphatic heterocycles. The number of ether oxygens (including phenoxy) is 1. The van der Waals surface area contributed by atoms with Crippen molar-refractivity contribution in [3.05, 3.63) is 33.8 Å². The number of amides is 1. The summed E-state index contributed by atoms with van der Waals surface area (Å²) in [7, 11) is 0. The molecule has 0 saturated carbocycles. The second-order valence-corrected chi connectivity index (χ2v) is 5.75. The van der Waals surface area contributed by atoms with Crippen molar-refractivity contribution in [2.45, 2.75) is 12.6 Å². The highest BCUT2D eigenvalue weighted by Gasteiger charge is 2.31. The SMILES string of the molecule is O=C(NCCCOCCBr)c1cc(C(F)(F)F)ccc1Br. The van der Waals surface area contributed by atoms with Crippen LogP contribution in [0.4, 0.5) is 13.2 Å². The molecule has 0 spiro atoms. The molecule has 0 fully saturated rings. The van der Waals surface area contributed by atoms with Crippen LogP contribution in [0, 0.1) is 0 Å². The lowest BCUT2D eigenvalue weighted by Gasteiger charge is -2.11. The molecular weight excluding hydrogens is 419 g/mol. The number of carbonyl (C=O) groups is 1. The third-order valence-electron chi connectivity index (χ3n) is 2.51. The van der Waals surface area contributed by atoms with Crippen LogP contribution in [0.25, 0.3) is 0 Å². The highest BCUT2D eigenvalue weighted by atomic mass is 79.9. The summed E-state index contributed by atoms with van der Waals surface area (Å²) in [5.41, 5.74) is -0.886. The maximum absolute atomic E-state index is 12.6. The van der Waals surface area contributed by atoms with Gasteiger partial charge in [0, 0.05) is 23.0 Å². The molecule has 0 heterocycles. The Balaban J connectivity index is 2.57. The predicted octanol–water partition coefficient (Wildman–Crippen LogP) is 4.00. The Hall–Kier alpha value is -0.600. The number of nitrogens with one attached hydrogen (secondary N) is 1. The molecule has 118 valence electrons. The quantitative estimate of drug-likeness (QED) is 0.522. The number of hydrogen-bond donors (Lipinski definition) is 1. The summed E-state index contributed by atoms with van der Waals surface area (Å²) < 4.78 is 43.4. The summed E-state index contributed by atoms with van der Waals surface area (Å²) >= 11 is 6.29. The van der Waals surface area contributed by atoms with E-state index < -0.39 is 17.6 Å². The van der Waals surface area contributed by atoms with Crippen molar-refractivity contribution in [1.82, 2.24) is 5.32 Å². The van der Waals surface area contributed by atoms with Crippen molar-refractivity contribution in [1.29, 1.82) is 0 Å². The van der Waals surface area contributed by atoms with Crippen molar-refractivity contribution in [3.8, 4) is 0 Å². The summed E-state index contributed by atoms with van der Waals surface area (Å²) in [6.07, 6.45) is -3.88. The van der Waals surface area contributed by atoms with Gasteiger partial charge in [0.25, 0.3) is 5.91 Å². The molecule has 1 rings (SSSR count). The summed E-state index contributed by atoms with van der Waals surface area (Å²) in [4.78, 5) is 11.9. The monoisotopic (exact) mass is 431 g/mol. The molecule has 0 unspecified atom stereocenters. The van der Waals surface area contributed by atoms with E-state index in [2.05, 4.69) is 37.2 Å². The van der Waals surface area contributed by atoms with Crippen LogP contribution >= 0.6 is 31.9 Å². The molecule has 0 aliphatic carbocycles. The van der Waals surface area contributed by atoms with Gasteiger partial charge in [0.05, 0.1) is 17.7 Å². The summed E-state index contributed by atoms with van der Waals surface area (Å²) in [5.74, 6) is -0.548. The zero-order valence-corrected chi connectivity index (χ0v) is 14.1. The second-order valence-electron chi connectivity index (χ2n) is 4.10. The highest BCUT2D eigenvalue weighted by Crippen LogP contribution is 2.31. The van der Waals surface area contributed by atoms with E-state index in [9.17, 15) is 18.0 Å². The van der Waals surface area contributed by atoms with E-state index in [1.54, 1.807) is 0 Å². The van der Waals surface area contributed by atoms with Gasteiger partial charge in [-0.1, -0.05) is 15.9 Å². The topological polar surface area (TPSA) is 38.3 Å². The fourth-order valence-electron chi connectivity index (χ4n) is 1.50. The maximum atomic E-state index is 12.6. The van der Waals surface area contributed by atoms with Gasteiger partial charge < -0.3 is 10.1 Å². The van der Waals surface area contributed by atoms with Gasteiger partial charge in [-0.15, -0.1) is 0 Å². The first-order valence-electron chi connectivity index (χ1n) is 6.15. The highest BCUT2D eigenvalue weighted by molar-refractivity contribution is 9.10. The van der Waals surface area contributed by atoms with E-state index in [0.29, 0.717) is 30.7 Å². The van der Waals surface area contributed by atoms with Crippen LogP contribution in [-0.4, -0.2) is 31.0 Å².